The van der Waals surface area contributed by atoms with E-state index in [0.29, 0.717) is 31.2 Å². The molecule has 1 N–H and O–H groups in total. The zero-order valence-electron chi connectivity index (χ0n) is 21.9. The summed E-state index contributed by atoms with van der Waals surface area (Å²) in [6.07, 6.45) is 0.824. The van der Waals surface area contributed by atoms with Gasteiger partial charge in [0.1, 0.15) is 12.4 Å². The number of esters is 1. The lowest BCUT2D eigenvalue weighted by atomic mass is 9.83. The maximum atomic E-state index is 12.8. The number of aryl methyl sites for hydroxylation is 1. The van der Waals surface area contributed by atoms with Gasteiger partial charge >= 0.3 is 12.0 Å². The molecule has 0 aliphatic carbocycles. The zero-order chi connectivity index (χ0) is 26.3. The molecule has 0 unspecified atom stereocenters. The molecule has 1 aromatic heterocycles. The van der Waals surface area contributed by atoms with E-state index in [2.05, 4.69) is 22.2 Å². The number of hydrogen-bond donors (Lipinski definition) is 1. The molecule has 0 spiro atoms. The molecule has 3 rings (SSSR count). The lowest BCUT2D eigenvalue weighted by molar-refractivity contribution is -0.149. The normalized spacial score (nSPS) is 11.4. The van der Waals surface area contributed by atoms with Gasteiger partial charge in [0.2, 0.25) is 0 Å². The van der Waals surface area contributed by atoms with Gasteiger partial charge in [-0.2, -0.15) is 9.97 Å². The fourth-order valence-corrected chi connectivity index (χ4v) is 3.93. The summed E-state index contributed by atoms with van der Waals surface area (Å²) >= 11 is 6.07. The third-order valence-corrected chi connectivity index (χ3v) is 6.29. The van der Waals surface area contributed by atoms with Crippen molar-refractivity contribution in [1.29, 1.82) is 0 Å². The van der Waals surface area contributed by atoms with E-state index < -0.39 is 5.41 Å². The van der Waals surface area contributed by atoms with Crippen molar-refractivity contribution in [1.82, 2.24) is 14.9 Å². The fraction of sp³-hybridized carbons (Fsp3) is 0.393. The number of nitrogens with one attached hydrogen (secondary N) is 1. The molecule has 0 saturated carbocycles. The molecule has 0 radical (unpaired) electrons. The number of anilines is 1. The van der Waals surface area contributed by atoms with Crippen LogP contribution in [0.25, 0.3) is 11.3 Å². The van der Waals surface area contributed by atoms with E-state index in [9.17, 15) is 4.79 Å². The van der Waals surface area contributed by atoms with Gasteiger partial charge in [-0.3, -0.25) is 4.79 Å². The molecule has 2 aromatic carbocycles. The third-order valence-electron chi connectivity index (χ3n) is 6.06. The number of methoxy groups -OCH3 is 1. The summed E-state index contributed by atoms with van der Waals surface area (Å²) in [4.78, 5) is 23.8. The second-order valence-corrected chi connectivity index (χ2v) is 9.95. The van der Waals surface area contributed by atoms with Crippen LogP contribution in [0.2, 0.25) is 5.02 Å². The molecule has 0 atom stereocenters. The van der Waals surface area contributed by atoms with Gasteiger partial charge in [-0.15, -0.1) is 0 Å². The highest BCUT2D eigenvalue weighted by atomic mass is 35.5. The van der Waals surface area contributed by atoms with Crippen molar-refractivity contribution in [2.45, 2.75) is 32.6 Å². The summed E-state index contributed by atoms with van der Waals surface area (Å²) in [6.45, 7) is 7.51. The number of carbonyl (C=O) groups is 1. The number of carbonyl (C=O) groups excluding carboxylic acids is 1. The molecule has 0 bridgehead atoms. The van der Waals surface area contributed by atoms with E-state index >= 15 is 0 Å². The van der Waals surface area contributed by atoms with E-state index in [-0.39, 0.29) is 12.0 Å². The first-order chi connectivity index (χ1) is 17.1. The molecule has 0 aliphatic rings. The summed E-state index contributed by atoms with van der Waals surface area (Å²) in [5.74, 6) is 0.401. The molecule has 192 valence electrons. The first kappa shape index (κ1) is 27.4. The predicted molar refractivity (Wildman–Crippen MR) is 145 cm³/mol. The largest absolute Gasteiger partial charge is 0.467 e. The van der Waals surface area contributed by atoms with Gasteiger partial charge in [-0.05, 0) is 76.2 Å². The smallest absolute Gasteiger partial charge is 0.318 e. The molecule has 8 heteroatoms. The molecule has 0 fully saturated rings. The number of halogens is 1. The van der Waals surface area contributed by atoms with Gasteiger partial charge in [-0.1, -0.05) is 35.9 Å². The molecule has 0 amide bonds. The van der Waals surface area contributed by atoms with Crippen LogP contribution in [-0.2, 0) is 21.4 Å². The lowest BCUT2D eigenvalue weighted by Crippen LogP contribution is -2.33. The fourth-order valence-electron chi connectivity index (χ4n) is 3.71. The number of hydrogen-bond acceptors (Lipinski definition) is 7. The molecular formula is C28H35ClN4O3. The first-order valence-corrected chi connectivity index (χ1v) is 12.3. The number of rotatable bonds is 11. The second kappa shape index (κ2) is 12.2. The van der Waals surface area contributed by atoms with Crippen molar-refractivity contribution < 1.29 is 14.3 Å². The molecule has 36 heavy (non-hydrogen) atoms. The Hall–Kier alpha value is -3.16. The minimum absolute atomic E-state index is 0.262. The average Bonchev–Trinajstić information content (AvgIpc) is 2.85. The van der Waals surface area contributed by atoms with Crippen molar-refractivity contribution in [3.8, 4) is 17.3 Å². The van der Waals surface area contributed by atoms with E-state index in [4.69, 9.17) is 21.1 Å². The number of benzene rings is 2. The number of nitrogens with zero attached hydrogens (tertiary/aromatic N) is 3. The van der Waals surface area contributed by atoms with Gasteiger partial charge in [0.05, 0.1) is 18.2 Å². The molecule has 0 saturated heterocycles. The van der Waals surface area contributed by atoms with Crippen LogP contribution < -0.4 is 10.1 Å². The maximum absolute atomic E-state index is 12.8. The highest BCUT2D eigenvalue weighted by Gasteiger charge is 2.32. The van der Waals surface area contributed by atoms with E-state index in [1.807, 2.05) is 81.4 Å². The Morgan fingerprint density at radius 3 is 2.58 bits per heavy atom. The van der Waals surface area contributed by atoms with Gasteiger partial charge < -0.3 is 19.7 Å². The van der Waals surface area contributed by atoms with Crippen molar-refractivity contribution in [3.63, 3.8) is 0 Å². The third kappa shape index (κ3) is 7.18. The van der Waals surface area contributed by atoms with Crippen LogP contribution >= 0.6 is 11.6 Å². The van der Waals surface area contributed by atoms with Gasteiger partial charge in [0, 0.05) is 29.7 Å². The van der Waals surface area contributed by atoms with E-state index in [1.165, 1.54) is 5.56 Å². The molecule has 0 aliphatic heterocycles. The number of likely N-dealkylation sites (N-methyl/N-ethyl adjacent to an activating group) is 1. The monoisotopic (exact) mass is 510 g/mol. The molecule has 1 heterocycles. The van der Waals surface area contributed by atoms with E-state index in [0.717, 1.165) is 28.1 Å². The quantitative estimate of drug-likeness (QED) is 0.357. The van der Waals surface area contributed by atoms with Crippen LogP contribution in [0.4, 0.5) is 5.82 Å². The van der Waals surface area contributed by atoms with Crippen molar-refractivity contribution >= 4 is 23.4 Å². The highest BCUT2D eigenvalue weighted by molar-refractivity contribution is 6.30. The van der Waals surface area contributed by atoms with Crippen molar-refractivity contribution in [3.05, 3.63) is 70.2 Å². The van der Waals surface area contributed by atoms with Crippen LogP contribution in [0.5, 0.6) is 6.01 Å². The summed E-state index contributed by atoms with van der Waals surface area (Å²) in [6, 6.07) is 15.9. The van der Waals surface area contributed by atoms with Crippen LogP contribution in [0.15, 0.2) is 48.5 Å². The van der Waals surface area contributed by atoms with Gasteiger partial charge in [0.15, 0.2) is 0 Å². The van der Waals surface area contributed by atoms with Gasteiger partial charge in [0.25, 0.3) is 0 Å². The van der Waals surface area contributed by atoms with Crippen molar-refractivity contribution in [2.24, 2.45) is 0 Å². The Morgan fingerprint density at radius 2 is 1.89 bits per heavy atom. The summed E-state index contributed by atoms with van der Waals surface area (Å²) in [5, 5.41) is 4.11. The minimum Gasteiger partial charge on any atom is -0.467 e. The Balaban J connectivity index is 1.78. The Bertz CT molecular complexity index is 1200. The van der Waals surface area contributed by atoms with Crippen LogP contribution in [0, 0.1) is 6.92 Å². The first-order valence-electron chi connectivity index (χ1n) is 11.9. The van der Waals surface area contributed by atoms with E-state index in [1.54, 1.807) is 7.11 Å². The maximum Gasteiger partial charge on any atom is 0.318 e. The highest BCUT2D eigenvalue weighted by Crippen LogP contribution is 2.30. The Labute approximate surface area is 218 Å². The van der Waals surface area contributed by atoms with Crippen LogP contribution in [-0.4, -0.2) is 61.7 Å². The Morgan fingerprint density at radius 1 is 1.11 bits per heavy atom. The SMILES string of the molecule is COc1nc(NCCc2ccc(Cl)cc2C)cc(-c2cccc(C(C)(C)C(=O)OCCN(C)C)c2)n1. The topological polar surface area (TPSA) is 76.6 Å². The van der Waals surface area contributed by atoms with Crippen LogP contribution in [0.1, 0.15) is 30.5 Å². The predicted octanol–water partition coefficient (Wildman–Crippen LogP) is 5.15. The summed E-state index contributed by atoms with van der Waals surface area (Å²) in [5.41, 5.74) is 3.98. The summed E-state index contributed by atoms with van der Waals surface area (Å²) in [7, 11) is 5.43. The van der Waals surface area contributed by atoms with Crippen molar-refractivity contribution in [2.75, 3.05) is 46.2 Å². The molecule has 7 nitrogen and oxygen atoms in total. The minimum atomic E-state index is -0.809. The number of aromatic nitrogens is 2. The lowest BCUT2D eigenvalue weighted by Gasteiger charge is -2.24. The molecular weight excluding hydrogens is 476 g/mol. The Kier molecular flexibility index (Phi) is 9.29. The summed E-state index contributed by atoms with van der Waals surface area (Å²) < 4.78 is 10.9. The van der Waals surface area contributed by atoms with Gasteiger partial charge in [-0.25, -0.2) is 0 Å². The van der Waals surface area contributed by atoms with Crippen LogP contribution in [0.3, 0.4) is 0 Å². The standard InChI is InChI=1S/C28H35ClN4O3/c1-19-16-23(29)11-10-20(19)12-13-30-25-18-24(31-27(32-25)35-6)21-8-7-9-22(17-21)28(2,3)26(34)36-15-14-33(4)5/h7-11,16-18H,12-15H2,1-6H3,(H,30,31,32). The molecule has 3 aromatic rings. The average molecular weight is 511 g/mol. The second-order valence-electron chi connectivity index (χ2n) is 9.52. The zero-order valence-corrected chi connectivity index (χ0v) is 22.6. The number of ether oxygens (including phenoxy) is 2.